The number of fused-ring (bicyclic) bond motifs is 1. The summed E-state index contributed by atoms with van der Waals surface area (Å²) in [4.78, 5) is 42.9. The summed E-state index contributed by atoms with van der Waals surface area (Å²) < 4.78 is 23.6. The van der Waals surface area contributed by atoms with Crippen LogP contribution in [0.1, 0.15) is 38.3 Å². The number of esters is 1. The highest BCUT2D eigenvalue weighted by molar-refractivity contribution is 6.07. The van der Waals surface area contributed by atoms with E-state index in [1.54, 1.807) is 0 Å². The highest BCUT2D eigenvalue weighted by Gasteiger charge is 2.51. The number of benzene rings is 1. The quantitative estimate of drug-likeness (QED) is 0.566. The van der Waals surface area contributed by atoms with Crippen molar-refractivity contribution in [2.75, 3.05) is 0 Å². The summed E-state index contributed by atoms with van der Waals surface area (Å²) in [6, 6.07) is 4.67. The molecule has 2 aliphatic rings. The second kappa shape index (κ2) is 7.77. The molecule has 1 aromatic heterocycles. The van der Waals surface area contributed by atoms with Crippen molar-refractivity contribution < 1.29 is 27.9 Å². The van der Waals surface area contributed by atoms with Crippen LogP contribution in [0.2, 0.25) is 0 Å². The number of aromatic nitrogens is 1. The van der Waals surface area contributed by atoms with Gasteiger partial charge in [-0.25, -0.2) is 14.2 Å². The molecular weight excluding hydrogens is 379 g/mol. The number of nitrogens with zero attached hydrogens (tertiary/aromatic N) is 2. The number of carbonyl (C=O) groups is 3. The number of imide groups is 1. The third-order valence-electron chi connectivity index (χ3n) is 5.61. The average Bonchev–Trinajstić information content (AvgIpc) is 3.30. The van der Waals surface area contributed by atoms with Crippen molar-refractivity contribution in [3.05, 3.63) is 42.0 Å². The van der Waals surface area contributed by atoms with Crippen LogP contribution in [0.4, 0.5) is 4.39 Å². The minimum absolute atomic E-state index is 0.156. The number of ether oxygens (including phenoxy) is 1. The molecule has 7 nitrogen and oxygen atoms in total. The van der Waals surface area contributed by atoms with E-state index in [2.05, 4.69) is 4.98 Å². The van der Waals surface area contributed by atoms with Gasteiger partial charge in [-0.05, 0) is 44.0 Å². The summed E-state index contributed by atoms with van der Waals surface area (Å²) in [6.07, 6.45) is 4.58. The highest BCUT2D eigenvalue weighted by Crippen LogP contribution is 2.39. The number of oxazole rings is 1. The highest BCUT2D eigenvalue weighted by atomic mass is 19.1. The van der Waals surface area contributed by atoms with Crippen molar-refractivity contribution in [1.29, 1.82) is 0 Å². The Kier molecular flexibility index (Phi) is 5.17. The van der Waals surface area contributed by atoms with Crippen LogP contribution in [-0.4, -0.2) is 33.7 Å². The van der Waals surface area contributed by atoms with E-state index in [9.17, 15) is 18.8 Å². The molecule has 1 aromatic carbocycles. The number of carbonyl (C=O) groups excluding carboxylic acids is 3. The molecule has 2 unspecified atom stereocenters. The van der Waals surface area contributed by atoms with Gasteiger partial charge in [-0.3, -0.25) is 14.5 Å². The van der Waals surface area contributed by atoms with Crippen LogP contribution in [-0.2, 0) is 25.7 Å². The van der Waals surface area contributed by atoms with E-state index < -0.39 is 12.0 Å². The van der Waals surface area contributed by atoms with Gasteiger partial charge in [-0.2, -0.15) is 0 Å². The molecular formula is C21H21FN2O5. The zero-order chi connectivity index (χ0) is 20.5. The van der Waals surface area contributed by atoms with Crippen molar-refractivity contribution in [1.82, 2.24) is 9.88 Å². The Morgan fingerprint density at radius 1 is 1.21 bits per heavy atom. The molecule has 2 aromatic rings. The van der Waals surface area contributed by atoms with Gasteiger partial charge in [0.2, 0.25) is 17.7 Å². The Hall–Kier alpha value is -3.03. The SMILES string of the molecule is C[C@@H](C(=O)OCc1coc(-c2ccc(F)cc2)n1)N1C(=O)C2CCCCC2C1=O. The fraction of sp³-hybridized carbons (Fsp3) is 0.429. The van der Waals surface area contributed by atoms with E-state index in [4.69, 9.17) is 9.15 Å². The van der Waals surface area contributed by atoms with Gasteiger partial charge in [-0.1, -0.05) is 12.8 Å². The molecule has 1 saturated heterocycles. The van der Waals surface area contributed by atoms with Crippen LogP contribution in [0.25, 0.3) is 11.5 Å². The molecule has 1 aliphatic carbocycles. The molecule has 2 heterocycles. The minimum Gasteiger partial charge on any atom is -0.458 e. The van der Waals surface area contributed by atoms with Gasteiger partial charge >= 0.3 is 5.97 Å². The van der Waals surface area contributed by atoms with E-state index in [0.717, 1.165) is 17.7 Å². The molecule has 0 bridgehead atoms. The molecule has 152 valence electrons. The van der Waals surface area contributed by atoms with E-state index in [1.165, 1.54) is 37.5 Å². The second-order valence-corrected chi connectivity index (χ2v) is 7.48. The fourth-order valence-electron chi connectivity index (χ4n) is 4.04. The predicted octanol–water partition coefficient (Wildman–Crippen LogP) is 3.09. The van der Waals surface area contributed by atoms with Crippen molar-refractivity contribution in [2.24, 2.45) is 11.8 Å². The van der Waals surface area contributed by atoms with Crippen LogP contribution in [0.3, 0.4) is 0 Å². The summed E-state index contributed by atoms with van der Waals surface area (Å²) in [5.74, 6) is -1.92. The Morgan fingerprint density at radius 3 is 2.45 bits per heavy atom. The topological polar surface area (TPSA) is 89.7 Å². The summed E-state index contributed by atoms with van der Waals surface area (Å²) >= 11 is 0. The van der Waals surface area contributed by atoms with Gasteiger partial charge in [-0.15, -0.1) is 0 Å². The monoisotopic (exact) mass is 400 g/mol. The maximum atomic E-state index is 13.0. The zero-order valence-electron chi connectivity index (χ0n) is 16.0. The molecule has 29 heavy (non-hydrogen) atoms. The Morgan fingerprint density at radius 2 is 1.83 bits per heavy atom. The Balaban J connectivity index is 1.38. The first-order valence-corrected chi connectivity index (χ1v) is 9.69. The molecule has 4 rings (SSSR count). The largest absolute Gasteiger partial charge is 0.458 e. The number of halogens is 1. The van der Waals surface area contributed by atoms with Gasteiger partial charge in [0.15, 0.2) is 0 Å². The van der Waals surface area contributed by atoms with E-state index >= 15 is 0 Å². The lowest BCUT2D eigenvalue weighted by molar-refractivity contribution is -0.159. The molecule has 8 heteroatoms. The van der Waals surface area contributed by atoms with Crippen molar-refractivity contribution in [3.8, 4) is 11.5 Å². The molecule has 0 radical (unpaired) electrons. The lowest BCUT2D eigenvalue weighted by atomic mass is 9.81. The van der Waals surface area contributed by atoms with Gasteiger partial charge < -0.3 is 9.15 Å². The van der Waals surface area contributed by atoms with Crippen molar-refractivity contribution in [3.63, 3.8) is 0 Å². The lowest BCUT2D eigenvalue weighted by Gasteiger charge is -2.21. The zero-order valence-corrected chi connectivity index (χ0v) is 16.0. The molecule has 0 spiro atoms. The first-order valence-electron chi connectivity index (χ1n) is 9.69. The molecule has 2 amide bonds. The maximum absolute atomic E-state index is 13.0. The number of hydrogen-bond donors (Lipinski definition) is 0. The second-order valence-electron chi connectivity index (χ2n) is 7.48. The summed E-state index contributed by atoms with van der Waals surface area (Å²) in [5, 5.41) is 0. The molecule has 2 fully saturated rings. The maximum Gasteiger partial charge on any atom is 0.329 e. The number of hydrogen-bond acceptors (Lipinski definition) is 6. The van der Waals surface area contributed by atoms with E-state index in [-0.39, 0.29) is 42.0 Å². The average molecular weight is 400 g/mol. The first kappa shape index (κ1) is 19.3. The van der Waals surface area contributed by atoms with Crippen LogP contribution >= 0.6 is 0 Å². The molecule has 0 N–H and O–H groups in total. The molecule has 3 atom stereocenters. The van der Waals surface area contributed by atoms with Crippen LogP contribution in [0.15, 0.2) is 34.9 Å². The number of amides is 2. The third-order valence-corrected chi connectivity index (χ3v) is 5.61. The first-order chi connectivity index (χ1) is 14.0. The van der Waals surface area contributed by atoms with Gasteiger partial charge in [0.05, 0.1) is 11.8 Å². The summed E-state index contributed by atoms with van der Waals surface area (Å²) in [5.41, 5.74) is 0.964. The van der Waals surface area contributed by atoms with Crippen molar-refractivity contribution in [2.45, 2.75) is 45.3 Å². The van der Waals surface area contributed by atoms with Crippen LogP contribution < -0.4 is 0 Å². The van der Waals surface area contributed by atoms with E-state index in [1.807, 2.05) is 0 Å². The minimum atomic E-state index is -0.982. The van der Waals surface area contributed by atoms with Crippen molar-refractivity contribution >= 4 is 17.8 Å². The van der Waals surface area contributed by atoms with Gasteiger partial charge in [0.25, 0.3) is 0 Å². The lowest BCUT2D eigenvalue weighted by Crippen LogP contribution is -2.44. The number of rotatable bonds is 5. The Labute approximate surface area is 166 Å². The summed E-state index contributed by atoms with van der Waals surface area (Å²) in [7, 11) is 0. The molecule has 1 aliphatic heterocycles. The van der Waals surface area contributed by atoms with Gasteiger partial charge in [0, 0.05) is 5.56 Å². The standard InChI is InChI=1S/C21H21FN2O5/c1-12(24-19(25)16-4-2-3-5-17(16)20(24)26)21(27)29-11-15-10-28-18(23-15)13-6-8-14(22)9-7-13/h6-10,12,16-17H,2-5,11H2,1H3/t12-,16?,17?/m0/s1. The van der Waals surface area contributed by atoms with Gasteiger partial charge in [0.1, 0.15) is 30.4 Å². The summed E-state index contributed by atoms with van der Waals surface area (Å²) in [6.45, 7) is 1.35. The normalized spacial score (nSPS) is 22.5. The predicted molar refractivity (Wildman–Crippen MR) is 98.5 cm³/mol. The Bertz CT molecular complexity index is 915. The smallest absolute Gasteiger partial charge is 0.329 e. The third kappa shape index (κ3) is 3.66. The molecule has 1 saturated carbocycles. The van der Waals surface area contributed by atoms with E-state index in [0.29, 0.717) is 24.1 Å². The van der Waals surface area contributed by atoms with Crippen LogP contribution in [0.5, 0.6) is 0 Å². The van der Waals surface area contributed by atoms with Crippen LogP contribution in [0, 0.1) is 17.7 Å². The fourth-order valence-corrected chi connectivity index (χ4v) is 4.04. The number of likely N-dealkylation sites (tertiary alicyclic amines) is 1.